The molecule has 1 aliphatic rings. The number of nitrogens with one attached hydrogen (secondary N) is 1. The maximum absolute atomic E-state index is 4.31. The first-order chi connectivity index (χ1) is 5.47. The second-order valence-electron chi connectivity index (χ2n) is 2.52. The van der Waals surface area contributed by atoms with E-state index in [1.54, 1.807) is 0 Å². The first-order valence-electron chi connectivity index (χ1n) is 3.80. The van der Waals surface area contributed by atoms with Crippen molar-refractivity contribution in [1.29, 1.82) is 0 Å². The Hall–Kier alpha value is -1.31. The summed E-state index contributed by atoms with van der Waals surface area (Å²) in [7, 11) is 0. The van der Waals surface area contributed by atoms with Crippen LogP contribution in [0.5, 0.6) is 0 Å². The van der Waals surface area contributed by atoms with Gasteiger partial charge in [-0.1, -0.05) is 37.8 Å². The fraction of sp³-hybridized carbons (Fsp3) is 0.300. The molecule has 12 heavy (non-hydrogen) atoms. The van der Waals surface area contributed by atoms with Crippen LogP contribution < -0.4 is 5.32 Å². The van der Waals surface area contributed by atoms with E-state index in [-0.39, 0.29) is 7.43 Å². The van der Waals surface area contributed by atoms with Gasteiger partial charge in [0.05, 0.1) is 6.54 Å². The van der Waals surface area contributed by atoms with Gasteiger partial charge in [-0.05, 0) is 0 Å². The number of amidine groups is 1. The molecule has 0 spiro atoms. The largest absolute Gasteiger partial charge is 0.368 e. The van der Waals surface area contributed by atoms with Crippen LogP contribution in [0.2, 0.25) is 0 Å². The van der Waals surface area contributed by atoms with Crippen LogP contribution in [0.4, 0.5) is 0 Å². The second-order valence-corrected chi connectivity index (χ2v) is 2.52. The van der Waals surface area contributed by atoms with E-state index < -0.39 is 0 Å². The summed E-state index contributed by atoms with van der Waals surface area (Å²) in [5, 5.41) is 3.22. The molecule has 2 heteroatoms. The first-order valence-corrected chi connectivity index (χ1v) is 3.80. The average molecular weight is 162 g/mol. The molecule has 0 unspecified atom stereocenters. The minimum absolute atomic E-state index is 0. The van der Waals surface area contributed by atoms with Crippen molar-refractivity contribution in [2.24, 2.45) is 4.99 Å². The van der Waals surface area contributed by atoms with Crippen molar-refractivity contribution < 1.29 is 0 Å². The highest BCUT2D eigenvalue weighted by Gasteiger charge is 2.05. The number of benzene rings is 1. The zero-order chi connectivity index (χ0) is 7.52. The van der Waals surface area contributed by atoms with Crippen molar-refractivity contribution in [2.75, 3.05) is 13.1 Å². The minimum atomic E-state index is 0. The molecular formula is C10H14N2. The fourth-order valence-electron chi connectivity index (χ4n) is 1.19. The summed E-state index contributed by atoms with van der Waals surface area (Å²) >= 11 is 0. The zero-order valence-corrected chi connectivity index (χ0v) is 6.25. The van der Waals surface area contributed by atoms with Gasteiger partial charge < -0.3 is 5.32 Å². The van der Waals surface area contributed by atoms with E-state index in [1.165, 1.54) is 5.56 Å². The van der Waals surface area contributed by atoms with E-state index in [9.17, 15) is 0 Å². The lowest BCUT2D eigenvalue weighted by Gasteiger charge is -1.99. The predicted octanol–water partition coefficient (Wildman–Crippen LogP) is 1.67. The molecule has 1 aromatic rings. The van der Waals surface area contributed by atoms with Gasteiger partial charge in [0.15, 0.2) is 0 Å². The van der Waals surface area contributed by atoms with E-state index in [0.717, 1.165) is 18.9 Å². The van der Waals surface area contributed by atoms with Crippen molar-refractivity contribution >= 4 is 5.84 Å². The Morgan fingerprint density at radius 3 is 2.50 bits per heavy atom. The molecule has 1 N–H and O–H groups in total. The van der Waals surface area contributed by atoms with Crippen molar-refractivity contribution in [3.8, 4) is 0 Å². The van der Waals surface area contributed by atoms with Gasteiger partial charge in [-0.3, -0.25) is 4.99 Å². The predicted molar refractivity (Wildman–Crippen MR) is 52.6 cm³/mol. The van der Waals surface area contributed by atoms with Crippen molar-refractivity contribution in [3.05, 3.63) is 35.9 Å². The van der Waals surface area contributed by atoms with E-state index in [0.29, 0.717) is 0 Å². The fourth-order valence-corrected chi connectivity index (χ4v) is 1.19. The minimum Gasteiger partial charge on any atom is -0.368 e. The third kappa shape index (κ3) is 1.64. The maximum atomic E-state index is 4.31. The highest BCUT2D eigenvalue weighted by atomic mass is 15.1. The molecule has 2 nitrogen and oxygen atoms in total. The number of aliphatic imine (C=N–C) groups is 1. The molecule has 0 saturated heterocycles. The van der Waals surface area contributed by atoms with Gasteiger partial charge in [0, 0.05) is 12.1 Å². The second kappa shape index (κ2) is 3.90. The lowest BCUT2D eigenvalue weighted by molar-refractivity contribution is 0.960. The van der Waals surface area contributed by atoms with Crippen LogP contribution in [0.15, 0.2) is 35.3 Å². The van der Waals surface area contributed by atoms with E-state index in [1.807, 2.05) is 18.2 Å². The summed E-state index contributed by atoms with van der Waals surface area (Å²) in [6.07, 6.45) is 0. The molecule has 0 bridgehead atoms. The topological polar surface area (TPSA) is 24.4 Å². The molecule has 0 saturated carbocycles. The van der Waals surface area contributed by atoms with Crippen LogP contribution in [0, 0.1) is 0 Å². The van der Waals surface area contributed by atoms with Gasteiger partial charge in [0.25, 0.3) is 0 Å². The highest BCUT2D eigenvalue weighted by Crippen LogP contribution is 2.01. The van der Waals surface area contributed by atoms with Crippen molar-refractivity contribution in [1.82, 2.24) is 5.32 Å². The smallest absolute Gasteiger partial charge is 0.128 e. The van der Waals surface area contributed by atoms with Crippen LogP contribution in [0.1, 0.15) is 13.0 Å². The molecule has 0 fully saturated rings. The first kappa shape index (κ1) is 8.78. The molecular weight excluding hydrogens is 148 g/mol. The van der Waals surface area contributed by atoms with Gasteiger partial charge in [-0.2, -0.15) is 0 Å². The Morgan fingerprint density at radius 1 is 1.17 bits per heavy atom. The summed E-state index contributed by atoms with van der Waals surface area (Å²) in [6.45, 7) is 1.88. The molecule has 0 atom stereocenters. The lowest BCUT2D eigenvalue weighted by atomic mass is 10.2. The summed E-state index contributed by atoms with van der Waals surface area (Å²) in [4.78, 5) is 4.31. The molecule has 1 aromatic carbocycles. The lowest BCUT2D eigenvalue weighted by Crippen LogP contribution is -2.19. The molecule has 1 heterocycles. The van der Waals surface area contributed by atoms with Gasteiger partial charge in [-0.15, -0.1) is 0 Å². The molecule has 0 amide bonds. The zero-order valence-electron chi connectivity index (χ0n) is 6.25. The monoisotopic (exact) mass is 162 g/mol. The number of hydrogen-bond acceptors (Lipinski definition) is 2. The molecule has 2 rings (SSSR count). The normalized spacial score (nSPS) is 14.5. The number of hydrogen-bond donors (Lipinski definition) is 1. The van der Waals surface area contributed by atoms with Crippen LogP contribution in [-0.4, -0.2) is 18.9 Å². The quantitative estimate of drug-likeness (QED) is 0.667. The Morgan fingerprint density at radius 2 is 1.92 bits per heavy atom. The number of nitrogens with zero attached hydrogens (tertiary/aromatic N) is 1. The Kier molecular flexibility index (Phi) is 2.86. The Labute approximate surface area is 73.3 Å². The van der Waals surface area contributed by atoms with Gasteiger partial charge >= 0.3 is 0 Å². The van der Waals surface area contributed by atoms with Gasteiger partial charge in [0.1, 0.15) is 5.84 Å². The van der Waals surface area contributed by atoms with E-state index in [2.05, 4.69) is 22.4 Å². The third-order valence-electron chi connectivity index (χ3n) is 1.72. The Bertz CT molecular complexity index is 264. The number of rotatable bonds is 1. The third-order valence-corrected chi connectivity index (χ3v) is 1.72. The summed E-state index contributed by atoms with van der Waals surface area (Å²) in [5.74, 6) is 1.03. The van der Waals surface area contributed by atoms with Crippen LogP contribution in [0.3, 0.4) is 0 Å². The SMILES string of the molecule is C.c1ccc(C2=NCCN2)cc1. The van der Waals surface area contributed by atoms with Gasteiger partial charge in [0.2, 0.25) is 0 Å². The molecule has 0 aliphatic carbocycles. The molecule has 64 valence electrons. The summed E-state index contributed by atoms with van der Waals surface area (Å²) in [6, 6.07) is 10.2. The van der Waals surface area contributed by atoms with Crippen molar-refractivity contribution in [3.63, 3.8) is 0 Å². The van der Waals surface area contributed by atoms with Crippen LogP contribution in [0.25, 0.3) is 0 Å². The highest BCUT2D eigenvalue weighted by molar-refractivity contribution is 5.99. The van der Waals surface area contributed by atoms with Crippen LogP contribution in [-0.2, 0) is 0 Å². The van der Waals surface area contributed by atoms with E-state index in [4.69, 9.17) is 0 Å². The average Bonchev–Trinajstić information content (AvgIpc) is 2.58. The van der Waals surface area contributed by atoms with E-state index >= 15 is 0 Å². The molecule has 0 radical (unpaired) electrons. The van der Waals surface area contributed by atoms with Crippen LogP contribution >= 0.6 is 0 Å². The standard InChI is InChI=1S/C9H10N2.CH4/c1-2-4-8(5-3-1)9-10-6-7-11-9;/h1-5H,6-7H2,(H,10,11);1H4. The van der Waals surface area contributed by atoms with Crippen molar-refractivity contribution in [2.45, 2.75) is 7.43 Å². The summed E-state index contributed by atoms with van der Waals surface area (Å²) < 4.78 is 0. The molecule has 1 aliphatic heterocycles. The van der Waals surface area contributed by atoms with Gasteiger partial charge in [-0.25, -0.2) is 0 Å². The molecule has 0 aromatic heterocycles. The maximum Gasteiger partial charge on any atom is 0.128 e. The summed E-state index contributed by atoms with van der Waals surface area (Å²) in [5.41, 5.74) is 1.19. The Balaban J connectivity index is 0.000000720.